The van der Waals surface area contributed by atoms with Crippen molar-refractivity contribution in [2.75, 3.05) is 11.1 Å². The summed E-state index contributed by atoms with van der Waals surface area (Å²) in [5.41, 5.74) is -0.281. The molecular weight excluding hydrogens is 389 g/mol. The fourth-order valence-electron chi connectivity index (χ4n) is 2.15. The molecule has 0 aliphatic heterocycles. The van der Waals surface area contributed by atoms with Crippen LogP contribution in [0.3, 0.4) is 0 Å². The van der Waals surface area contributed by atoms with Gasteiger partial charge in [0.2, 0.25) is 5.91 Å². The Balaban J connectivity index is 2.17. The van der Waals surface area contributed by atoms with Crippen molar-refractivity contribution < 1.29 is 26.4 Å². The largest absolute Gasteiger partial charge is 0.416 e. The summed E-state index contributed by atoms with van der Waals surface area (Å²) in [6.45, 7) is 2.99. The monoisotopic (exact) mass is 406 g/mol. The number of carbonyl (C=O) groups excluding carboxylic acids is 1. The van der Waals surface area contributed by atoms with Gasteiger partial charge in [-0.2, -0.15) is 13.2 Å². The fourth-order valence-corrected chi connectivity index (χ4v) is 4.18. The first kappa shape index (κ1) is 20.4. The number of amides is 1. The van der Waals surface area contributed by atoms with E-state index in [0.29, 0.717) is 6.42 Å². The SMILES string of the molecule is CCCS(=O)(=O)C(C)C(=O)Nc1nc(-c2cccc(C(F)(F)F)c2)cs1. The zero-order valence-electron chi connectivity index (χ0n) is 14.0. The van der Waals surface area contributed by atoms with Crippen molar-refractivity contribution in [3.05, 3.63) is 35.2 Å². The van der Waals surface area contributed by atoms with E-state index in [9.17, 15) is 26.4 Å². The first-order valence-electron chi connectivity index (χ1n) is 7.70. The molecule has 1 amide bonds. The maximum absolute atomic E-state index is 12.8. The van der Waals surface area contributed by atoms with Gasteiger partial charge in [0.05, 0.1) is 17.0 Å². The van der Waals surface area contributed by atoms with E-state index in [4.69, 9.17) is 0 Å². The Morgan fingerprint density at radius 2 is 2.04 bits per heavy atom. The molecule has 5 nitrogen and oxygen atoms in total. The van der Waals surface area contributed by atoms with Crippen molar-refractivity contribution in [3.63, 3.8) is 0 Å². The molecule has 1 aromatic carbocycles. The molecule has 0 saturated heterocycles. The molecule has 0 saturated carbocycles. The van der Waals surface area contributed by atoms with Gasteiger partial charge < -0.3 is 5.32 Å². The lowest BCUT2D eigenvalue weighted by Gasteiger charge is -2.11. The van der Waals surface area contributed by atoms with Crippen LogP contribution >= 0.6 is 11.3 Å². The van der Waals surface area contributed by atoms with E-state index in [1.165, 1.54) is 24.4 Å². The molecule has 2 aromatic rings. The Hall–Kier alpha value is -1.94. The lowest BCUT2D eigenvalue weighted by molar-refractivity contribution is -0.137. The highest BCUT2D eigenvalue weighted by molar-refractivity contribution is 7.92. The van der Waals surface area contributed by atoms with Crippen LogP contribution in [0.5, 0.6) is 0 Å². The second-order valence-electron chi connectivity index (χ2n) is 5.61. The van der Waals surface area contributed by atoms with Gasteiger partial charge in [0.25, 0.3) is 0 Å². The molecule has 1 aromatic heterocycles. The summed E-state index contributed by atoms with van der Waals surface area (Å²) >= 11 is 1.01. The Labute approximate surface area is 153 Å². The zero-order valence-corrected chi connectivity index (χ0v) is 15.6. The minimum Gasteiger partial charge on any atom is -0.301 e. The third-order valence-corrected chi connectivity index (χ3v) is 6.64. The van der Waals surface area contributed by atoms with Crippen LogP contribution in [-0.2, 0) is 20.8 Å². The number of aromatic nitrogens is 1. The minimum atomic E-state index is -4.47. The number of nitrogens with zero attached hydrogens (tertiary/aromatic N) is 1. The fraction of sp³-hybridized carbons (Fsp3) is 0.375. The lowest BCUT2D eigenvalue weighted by atomic mass is 10.1. The quantitative estimate of drug-likeness (QED) is 0.787. The highest BCUT2D eigenvalue weighted by Gasteiger charge is 2.31. The van der Waals surface area contributed by atoms with E-state index in [2.05, 4.69) is 10.3 Å². The number of benzene rings is 1. The molecule has 0 aliphatic carbocycles. The Kier molecular flexibility index (Phi) is 6.07. The van der Waals surface area contributed by atoms with Crippen LogP contribution in [0.4, 0.5) is 18.3 Å². The van der Waals surface area contributed by atoms with Gasteiger partial charge in [0, 0.05) is 10.9 Å². The predicted octanol–water partition coefficient (Wildman–Crippen LogP) is 3.98. The Morgan fingerprint density at radius 1 is 1.35 bits per heavy atom. The average Bonchev–Trinajstić information content (AvgIpc) is 3.02. The highest BCUT2D eigenvalue weighted by Crippen LogP contribution is 2.33. The van der Waals surface area contributed by atoms with Crippen molar-refractivity contribution in [3.8, 4) is 11.3 Å². The smallest absolute Gasteiger partial charge is 0.301 e. The molecule has 0 bridgehead atoms. The number of alkyl halides is 3. The van der Waals surface area contributed by atoms with Gasteiger partial charge in [-0.1, -0.05) is 19.1 Å². The summed E-state index contributed by atoms with van der Waals surface area (Å²) in [6.07, 6.45) is -4.07. The van der Waals surface area contributed by atoms with E-state index >= 15 is 0 Å². The third-order valence-electron chi connectivity index (χ3n) is 3.62. The number of rotatable bonds is 6. The summed E-state index contributed by atoms with van der Waals surface area (Å²) in [4.78, 5) is 16.2. The summed E-state index contributed by atoms with van der Waals surface area (Å²) in [5.74, 6) is -0.821. The van der Waals surface area contributed by atoms with Crippen molar-refractivity contribution in [2.24, 2.45) is 0 Å². The van der Waals surface area contributed by atoms with Gasteiger partial charge >= 0.3 is 6.18 Å². The minimum absolute atomic E-state index is 0.102. The first-order valence-corrected chi connectivity index (χ1v) is 10.3. The van der Waals surface area contributed by atoms with E-state index in [1.807, 2.05) is 0 Å². The normalized spacial score (nSPS) is 13.4. The second-order valence-corrected chi connectivity index (χ2v) is 8.91. The van der Waals surface area contributed by atoms with Gasteiger partial charge in [0.15, 0.2) is 15.0 Å². The summed E-state index contributed by atoms with van der Waals surface area (Å²) in [5, 5.41) is 2.80. The molecule has 142 valence electrons. The van der Waals surface area contributed by atoms with Crippen molar-refractivity contribution in [2.45, 2.75) is 31.7 Å². The number of thiazole rings is 1. The summed E-state index contributed by atoms with van der Waals surface area (Å²) < 4.78 is 62.2. The molecule has 1 atom stereocenters. The van der Waals surface area contributed by atoms with Crippen LogP contribution in [0, 0.1) is 0 Å². The lowest BCUT2D eigenvalue weighted by Crippen LogP contribution is -2.34. The van der Waals surface area contributed by atoms with Crippen LogP contribution < -0.4 is 5.32 Å². The maximum atomic E-state index is 12.8. The number of nitrogens with one attached hydrogen (secondary N) is 1. The number of halogens is 3. The molecule has 26 heavy (non-hydrogen) atoms. The van der Waals surface area contributed by atoms with Gasteiger partial charge in [0.1, 0.15) is 5.25 Å². The number of hydrogen-bond donors (Lipinski definition) is 1. The Morgan fingerprint density at radius 3 is 2.65 bits per heavy atom. The Bertz CT molecular complexity index is 892. The molecule has 1 N–H and O–H groups in total. The number of anilines is 1. The van der Waals surface area contributed by atoms with Crippen LogP contribution in [0.25, 0.3) is 11.3 Å². The van der Waals surface area contributed by atoms with Crippen molar-refractivity contribution >= 4 is 32.2 Å². The maximum Gasteiger partial charge on any atom is 0.416 e. The molecule has 2 rings (SSSR count). The summed E-state index contributed by atoms with van der Waals surface area (Å²) in [6, 6.07) is 4.67. The molecule has 1 unspecified atom stereocenters. The second kappa shape index (κ2) is 7.75. The van der Waals surface area contributed by atoms with E-state index in [-0.39, 0.29) is 22.1 Å². The standard InChI is InChI=1S/C16H17F3N2O3S2/c1-3-7-26(23,24)10(2)14(22)21-15-20-13(9-25-15)11-5-4-6-12(8-11)16(17,18)19/h4-6,8-10H,3,7H2,1-2H3,(H,20,21,22). The average molecular weight is 406 g/mol. The van der Waals surface area contributed by atoms with Crippen molar-refractivity contribution in [1.29, 1.82) is 0 Å². The zero-order chi connectivity index (χ0) is 19.5. The first-order chi connectivity index (χ1) is 12.0. The number of hydrogen-bond acceptors (Lipinski definition) is 5. The topological polar surface area (TPSA) is 76.1 Å². The van der Waals surface area contributed by atoms with Crippen molar-refractivity contribution in [1.82, 2.24) is 4.98 Å². The number of sulfone groups is 1. The van der Waals surface area contributed by atoms with Crippen LogP contribution in [-0.4, -0.2) is 30.3 Å². The molecular formula is C16H17F3N2O3S2. The predicted molar refractivity (Wildman–Crippen MR) is 94.7 cm³/mol. The molecule has 1 heterocycles. The molecule has 0 spiro atoms. The molecule has 0 radical (unpaired) electrons. The molecule has 10 heteroatoms. The van der Waals surface area contributed by atoms with E-state index in [0.717, 1.165) is 23.5 Å². The molecule has 0 fully saturated rings. The van der Waals surface area contributed by atoms with Crippen LogP contribution in [0.2, 0.25) is 0 Å². The van der Waals surface area contributed by atoms with E-state index < -0.39 is 32.7 Å². The van der Waals surface area contributed by atoms with E-state index in [1.54, 1.807) is 6.92 Å². The number of carbonyl (C=O) groups is 1. The van der Waals surface area contributed by atoms with Gasteiger partial charge in [-0.15, -0.1) is 11.3 Å². The van der Waals surface area contributed by atoms with Gasteiger partial charge in [-0.25, -0.2) is 13.4 Å². The summed E-state index contributed by atoms with van der Waals surface area (Å²) in [7, 11) is -3.56. The highest BCUT2D eigenvalue weighted by atomic mass is 32.2. The molecule has 0 aliphatic rings. The van der Waals surface area contributed by atoms with Crippen LogP contribution in [0.15, 0.2) is 29.6 Å². The van der Waals surface area contributed by atoms with Gasteiger partial charge in [-0.05, 0) is 25.5 Å². The third kappa shape index (κ3) is 4.82. The van der Waals surface area contributed by atoms with Crippen LogP contribution in [0.1, 0.15) is 25.8 Å². The van der Waals surface area contributed by atoms with Gasteiger partial charge in [-0.3, -0.25) is 4.79 Å².